The van der Waals surface area contributed by atoms with Crippen molar-refractivity contribution in [2.45, 2.75) is 30.3 Å². The molecular weight excluding hydrogens is 414 g/mol. The minimum atomic E-state index is -0.681. The first-order valence-electron chi connectivity index (χ1n) is 9.46. The van der Waals surface area contributed by atoms with Crippen molar-refractivity contribution in [2.75, 3.05) is 18.8 Å². The molecule has 1 fully saturated rings. The van der Waals surface area contributed by atoms with E-state index in [0.29, 0.717) is 42.2 Å². The van der Waals surface area contributed by atoms with Gasteiger partial charge < -0.3 is 9.64 Å². The fraction of sp³-hybridized carbons (Fsp3) is 0.333. The monoisotopic (exact) mass is 434 g/mol. The average molecular weight is 435 g/mol. The number of halogens is 2. The molecule has 1 amide bonds. The molecule has 2 aromatic carbocycles. The summed E-state index contributed by atoms with van der Waals surface area (Å²) in [4.78, 5) is 19.6. The van der Waals surface area contributed by atoms with Crippen LogP contribution in [0.2, 0.25) is 0 Å². The molecule has 29 heavy (non-hydrogen) atoms. The minimum Gasteiger partial charge on any atom is -0.467 e. The predicted octanol–water partition coefficient (Wildman–Crippen LogP) is 5.13. The van der Waals surface area contributed by atoms with Crippen LogP contribution in [0.3, 0.4) is 0 Å². The number of thioether (sulfide) groups is 1. The van der Waals surface area contributed by atoms with Crippen LogP contribution in [0.25, 0.3) is 10.2 Å². The van der Waals surface area contributed by atoms with Crippen molar-refractivity contribution in [3.05, 3.63) is 54.1 Å². The van der Waals surface area contributed by atoms with Gasteiger partial charge in [-0.3, -0.25) is 4.79 Å². The summed E-state index contributed by atoms with van der Waals surface area (Å²) < 4.78 is 33.4. The van der Waals surface area contributed by atoms with Crippen molar-refractivity contribution in [3.63, 3.8) is 0 Å². The average Bonchev–Trinajstić information content (AvgIpc) is 3.12. The van der Waals surface area contributed by atoms with Crippen molar-refractivity contribution >= 4 is 39.2 Å². The lowest BCUT2D eigenvalue weighted by molar-refractivity contribution is -0.132. The van der Waals surface area contributed by atoms with Gasteiger partial charge in [-0.2, -0.15) is 4.98 Å². The molecule has 0 unspecified atom stereocenters. The van der Waals surface area contributed by atoms with Gasteiger partial charge in [0.15, 0.2) is 5.82 Å². The van der Waals surface area contributed by atoms with Gasteiger partial charge in [-0.1, -0.05) is 29.5 Å². The molecule has 2 heterocycles. The van der Waals surface area contributed by atoms with E-state index < -0.39 is 11.6 Å². The van der Waals surface area contributed by atoms with E-state index in [4.69, 9.17) is 4.74 Å². The van der Waals surface area contributed by atoms with Crippen LogP contribution in [-0.4, -0.2) is 40.7 Å². The van der Waals surface area contributed by atoms with Gasteiger partial charge in [-0.05, 0) is 18.2 Å². The van der Waals surface area contributed by atoms with E-state index in [-0.39, 0.29) is 17.5 Å². The quantitative estimate of drug-likeness (QED) is 0.505. The fourth-order valence-electron chi connectivity index (χ4n) is 3.28. The maximum atomic E-state index is 13.8. The number of benzene rings is 2. The molecule has 4 nitrogen and oxygen atoms in total. The van der Waals surface area contributed by atoms with Gasteiger partial charge in [0, 0.05) is 49.1 Å². The second-order valence-electron chi connectivity index (χ2n) is 6.82. The molecule has 8 heteroatoms. The summed E-state index contributed by atoms with van der Waals surface area (Å²) in [7, 11) is 0. The van der Waals surface area contributed by atoms with Crippen LogP contribution in [0.1, 0.15) is 19.3 Å². The Kier molecular flexibility index (Phi) is 6.30. The number of ether oxygens (including phenoxy) is 1. The molecule has 0 radical (unpaired) electrons. The SMILES string of the molecule is O=C(CCSc1ccccc1)N1CCC(Oc2nc3c(F)cc(F)cc3s2)CC1. The van der Waals surface area contributed by atoms with Crippen LogP contribution in [0.5, 0.6) is 5.19 Å². The van der Waals surface area contributed by atoms with E-state index >= 15 is 0 Å². The highest BCUT2D eigenvalue weighted by Crippen LogP contribution is 2.32. The zero-order valence-corrected chi connectivity index (χ0v) is 17.3. The van der Waals surface area contributed by atoms with Crippen LogP contribution in [0.15, 0.2) is 47.4 Å². The molecule has 4 rings (SSSR count). The van der Waals surface area contributed by atoms with Gasteiger partial charge >= 0.3 is 0 Å². The highest BCUT2D eigenvalue weighted by Gasteiger charge is 2.25. The second kappa shape index (κ2) is 9.09. The zero-order chi connectivity index (χ0) is 20.2. The van der Waals surface area contributed by atoms with Crippen LogP contribution in [0, 0.1) is 11.6 Å². The van der Waals surface area contributed by atoms with Crippen molar-refractivity contribution in [2.24, 2.45) is 0 Å². The van der Waals surface area contributed by atoms with Gasteiger partial charge in [-0.25, -0.2) is 8.78 Å². The van der Waals surface area contributed by atoms with E-state index in [9.17, 15) is 13.6 Å². The first-order chi connectivity index (χ1) is 14.1. The lowest BCUT2D eigenvalue weighted by Gasteiger charge is -2.31. The van der Waals surface area contributed by atoms with Crippen LogP contribution in [0.4, 0.5) is 8.78 Å². The number of likely N-dealkylation sites (tertiary alicyclic amines) is 1. The third-order valence-corrected chi connectivity index (χ3v) is 6.69. The first-order valence-corrected chi connectivity index (χ1v) is 11.3. The van der Waals surface area contributed by atoms with Gasteiger partial charge in [-0.15, -0.1) is 11.8 Å². The molecule has 0 N–H and O–H groups in total. The normalized spacial score (nSPS) is 15.0. The third kappa shape index (κ3) is 5.05. The summed E-state index contributed by atoms with van der Waals surface area (Å²) in [6.07, 6.45) is 1.83. The number of carbonyl (C=O) groups excluding carboxylic acids is 1. The third-order valence-electron chi connectivity index (χ3n) is 4.78. The van der Waals surface area contributed by atoms with Crippen molar-refractivity contribution < 1.29 is 18.3 Å². The van der Waals surface area contributed by atoms with Gasteiger partial charge in [0.05, 0.1) is 4.70 Å². The molecule has 0 saturated carbocycles. The highest BCUT2D eigenvalue weighted by atomic mass is 32.2. The topological polar surface area (TPSA) is 42.4 Å². The lowest BCUT2D eigenvalue weighted by Crippen LogP contribution is -2.41. The fourth-order valence-corrected chi connectivity index (χ4v) is 5.07. The Morgan fingerprint density at radius 2 is 1.97 bits per heavy atom. The summed E-state index contributed by atoms with van der Waals surface area (Å²) in [6, 6.07) is 12.1. The number of carbonyl (C=O) groups is 1. The highest BCUT2D eigenvalue weighted by molar-refractivity contribution is 7.99. The summed E-state index contributed by atoms with van der Waals surface area (Å²) in [5.41, 5.74) is 0.134. The molecule has 0 atom stereocenters. The first kappa shape index (κ1) is 20.1. The van der Waals surface area contributed by atoms with Gasteiger partial charge in [0.1, 0.15) is 17.4 Å². The van der Waals surface area contributed by atoms with E-state index in [2.05, 4.69) is 4.98 Å². The molecule has 1 saturated heterocycles. The van der Waals surface area contributed by atoms with E-state index in [1.54, 1.807) is 11.8 Å². The summed E-state index contributed by atoms with van der Waals surface area (Å²) in [6.45, 7) is 1.26. The summed E-state index contributed by atoms with van der Waals surface area (Å²) in [5.74, 6) is -0.389. The van der Waals surface area contributed by atoms with Crippen LogP contribution >= 0.6 is 23.1 Å². The maximum absolute atomic E-state index is 13.8. The smallest absolute Gasteiger partial charge is 0.274 e. The Morgan fingerprint density at radius 1 is 1.21 bits per heavy atom. The Morgan fingerprint density at radius 3 is 2.72 bits per heavy atom. The van der Waals surface area contributed by atoms with Crippen LogP contribution < -0.4 is 4.74 Å². The standard InChI is InChI=1S/C21H20F2N2O2S2/c22-14-12-17(23)20-18(13-14)29-21(24-20)27-15-6-9-25(10-7-15)19(26)8-11-28-16-4-2-1-3-5-16/h1-5,12-13,15H,6-11H2. The minimum absolute atomic E-state index is 0.0776. The number of piperidine rings is 1. The Hall–Kier alpha value is -2.19. The van der Waals surface area contributed by atoms with Crippen molar-refractivity contribution in [1.82, 2.24) is 9.88 Å². The van der Waals surface area contributed by atoms with Crippen molar-refractivity contribution in [1.29, 1.82) is 0 Å². The molecule has 1 aliphatic heterocycles. The number of rotatable bonds is 6. The molecule has 152 valence electrons. The largest absolute Gasteiger partial charge is 0.467 e. The molecule has 0 aliphatic carbocycles. The second-order valence-corrected chi connectivity index (χ2v) is 8.99. The van der Waals surface area contributed by atoms with Gasteiger partial charge in [0.25, 0.3) is 5.19 Å². The van der Waals surface area contributed by atoms with Crippen LogP contribution in [-0.2, 0) is 4.79 Å². The molecule has 1 aromatic heterocycles. The Bertz CT molecular complexity index is 989. The van der Waals surface area contributed by atoms with E-state index in [1.807, 2.05) is 35.2 Å². The zero-order valence-electron chi connectivity index (χ0n) is 15.6. The number of nitrogens with zero attached hydrogens (tertiary/aromatic N) is 2. The summed E-state index contributed by atoms with van der Waals surface area (Å²) >= 11 is 2.82. The maximum Gasteiger partial charge on any atom is 0.274 e. The number of fused-ring (bicyclic) bond motifs is 1. The van der Waals surface area contributed by atoms with Gasteiger partial charge in [0.2, 0.25) is 5.91 Å². The number of hydrogen-bond acceptors (Lipinski definition) is 5. The number of hydrogen-bond donors (Lipinski definition) is 0. The predicted molar refractivity (Wildman–Crippen MR) is 112 cm³/mol. The van der Waals surface area contributed by atoms with E-state index in [0.717, 1.165) is 23.2 Å². The number of thiazole rings is 1. The number of aromatic nitrogens is 1. The molecule has 0 spiro atoms. The number of amides is 1. The molecule has 3 aromatic rings. The molecule has 0 bridgehead atoms. The molecule has 1 aliphatic rings. The van der Waals surface area contributed by atoms with Crippen molar-refractivity contribution in [3.8, 4) is 5.19 Å². The molecular formula is C21H20F2N2O2S2. The van der Waals surface area contributed by atoms with E-state index in [1.165, 1.54) is 11.0 Å². The Labute approximate surface area is 175 Å². The lowest BCUT2D eigenvalue weighted by atomic mass is 10.1. The summed E-state index contributed by atoms with van der Waals surface area (Å²) in [5, 5.41) is 0.341. The Balaban J connectivity index is 1.25.